The van der Waals surface area contributed by atoms with Crippen LogP contribution in [0.2, 0.25) is 0 Å². The summed E-state index contributed by atoms with van der Waals surface area (Å²) in [7, 11) is 1.36. The molecular formula is C14H19NO3S. The maximum atomic E-state index is 11.7. The van der Waals surface area contributed by atoms with Crippen LogP contribution in [0.15, 0.2) is 18.2 Å². The predicted octanol–water partition coefficient (Wildman–Crippen LogP) is 2.54. The van der Waals surface area contributed by atoms with E-state index in [4.69, 9.17) is 0 Å². The van der Waals surface area contributed by atoms with Gasteiger partial charge in [-0.2, -0.15) is 11.8 Å². The zero-order valence-electron chi connectivity index (χ0n) is 11.5. The van der Waals surface area contributed by atoms with Gasteiger partial charge >= 0.3 is 5.97 Å². The number of hydrogen-bond donors (Lipinski definition) is 1. The van der Waals surface area contributed by atoms with E-state index in [2.05, 4.69) is 10.1 Å². The number of esters is 1. The van der Waals surface area contributed by atoms with Gasteiger partial charge in [-0.1, -0.05) is 6.07 Å². The van der Waals surface area contributed by atoms with Crippen molar-refractivity contribution in [2.45, 2.75) is 20.3 Å². The molecule has 0 unspecified atom stereocenters. The van der Waals surface area contributed by atoms with Crippen LogP contribution in [0.4, 0.5) is 5.69 Å². The number of rotatable bonds is 6. The molecule has 1 amide bonds. The topological polar surface area (TPSA) is 55.4 Å². The molecule has 0 aliphatic rings. The number of ether oxygens (including phenoxy) is 1. The van der Waals surface area contributed by atoms with E-state index in [0.29, 0.717) is 17.9 Å². The van der Waals surface area contributed by atoms with Gasteiger partial charge in [0.1, 0.15) is 0 Å². The van der Waals surface area contributed by atoms with Crippen LogP contribution >= 0.6 is 11.8 Å². The first-order valence-corrected chi connectivity index (χ1v) is 7.20. The van der Waals surface area contributed by atoms with Crippen LogP contribution in [-0.2, 0) is 14.3 Å². The van der Waals surface area contributed by atoms with E-state index in [1.54, 1.807) is 0 Å². The monoisotopic (exact) mass is 281 g/mol. The third-order valence-corrected chi connectivity index (χ3v) is 3.66. The predicted molar refractivity (Wildman–Crippen MR) is 78.5 cm³/mol. The number of carbonyl (C=O) groups excluding carboxylic acids is 2. The number of carbonyl (C=O) groups is 2. The summed E-state index contributed by atoms with van der Waals surface area (Å²) in [4.78, 5) is 22.6. The van der Waals surface area contributed by atoms with Crippen molar-refractivity contribution in [1.82, 2.24) is 0 Å². The van der Waals surface area contributed by atoms with Crippen LogP contribution in [0.3, 0.4) is 0 Å². The minimum absolute atomic E-state index is 0.0573. The Kier molecular flexibility index (Phi) is 6.42. The third-order valence-electron chi connectivity index (χ3n) is 2.70. The highest BCUT2D eigenvalue weighted by Gasteiger charge is 2.05. The molecule has 0 atom stereocenters. The molecule has 0 spiro atoms. The Morgan fingerprint density at radius 3 is 2.63 bits per heavy atom. The number of thioether (sulfide) groups is 1. The number of methoxy groups -OCH3 is 1. The van der Waals surface area contributed by atoms with Gasteiger partial charge in [-0.25, -0.2) is 0 Å². The zero-order valence-corrected chi connectivity index (χ0v) is 12.3. The fourth-order valence-corrected chi connectivity index (χ4v) is 2.15. The first-order chi connectivity index (χ1) is 9.02. The Hall–Kier alpha value is -1.49. The molecule has 0 bridgehead atoms. The lowest BCUT2D eigenvalue weighted by atomic mass is 10.1. The lowest BCUT2D eigenvalue weighted by Crippen LogP contribution is -2.15. The van der Waals surface area contributed by atoms with Crippen molar-refractivity contribution >= 4 is 29.3 Å². The Bertz CT molecular complexity index is 460. The highest BCUT2D eigenvalue weighted by Crippen LogP contribution is 2.14. The van der Waals surface area contributed by atoms with E-state index >= 15 is 0 Å². The number of benzene rings is 1. The smallest absolute Gasteiger partial charge is 0.306 e. The van der Waals surface area contributed by atoms with Crippen LogP contribution < -0.4 is 5.32 Å². The average molecular weight is 281 g/mol. The van der Waals surface area contributed by atoms with Crippen LogP contribution in [0, 0.1) is 13.8 Å². The van der Waals surface area contributed by atoms with E-state index in [1.165, 1.54) is 24.4 Å². The standard InChI is InChI=1S/C14H19NO3S/c1-10-4-5-12(8-11(10)2)15-13(16)9-19-7-6-14(17)18-3/h4-5,8H,6-7,9H2,1-3H3,(H,15,16). The summed E-state index contributed by atoms with van der Waals surface area (Å²) in [5.74, 6) is 0.622. The summed E-state index contributed by atoms with van der Waals surface area (Å²) in [6, 6.07) is 5.82. The molecule has 0 aromatic heterocycles. The van der Waals surface area contributed by atoms with Gasteiger partial charge in [0, 0.05) is 11.4 Å². The van der Waals surface area contributed by atoms with Crippen molar-refractivity contribution < 1.29 is 14.3 Å². The van der Waals surface area contributed by atoms with Gasteiger partial charge in [0.2, 0.25) is 5.91 Å². The van der Waals surface area contributed by atoms with Crippen molar-refractivity contribution in [3.8, 4) is 0 Å². The lowest BCUT2D eigenvalue weighted by Gasteiger charge is -2.07. The van der Waals surface area contributed by atoms with Gasteiger partial charge in [-0.05, 0) is 37.1 Å². The second kappa shape index (κ2) is 7.84. The fourth-order valence-electron chi connectivity index (χ4n) is 1.44. The Morgan fingerprint density at radius 1 is 1.26 bits per heavy atom. The molecule has 0 aliphatic carbocycles. The van der Waals surface area contributed by atoms with Crippen LogP contribution in [0.25, 0.3) is 0 Å². The number of hydrogen-bond acceptors (Lipinski definition) is 4. The molecule has 1 aromatic carbocycles. The van der Waals surface area contributed by atoms with Crippen molar-refractivity contribution in [2.75, 3.05) is 23.9 Å². The molecule has 1 rings (SSSR count). The first kappa shape index (κ1) is 15.6. The van der Waals surface area contributed by atoms with Crippen molar-refractivity contribution in [3.63, 3.8) is 0 Å². The zero-order chi connectivity index (χ0) is 14.3. The summed E-state index contributed by atoms with van der Waals surface area (Å²) in [5.41, 5.74) is 3.16. The second-order valence-corrected chi connectivity index (χ2v) is 5.33. The molecule has 0 fully saturated rings. The summed E-state index contributed by atoms with van der Waals surface area (Å²) in [6.45, 7) is 4.04. The Balaban J connectivity index is 2.31. The molecule has 104 valence electrons. The molecule has 1 N–H and O–H groups in total. The third kappa shape index (κ3) is 5.79. The summed E-state index contributed by atoms with van der Waals surface area (Å²) >= 11 is 1.42. The minimum Gasteiger partial charge on any atom is -0.469 e. The van der Waals surface area contributed by atoms with E-state index < -0.39 is 0 Å². The second-order valence-electron chi connectivity index (χ2n) is 4.23. The van der Waals surface area contributed by atoms with Crippen LogP contribution in [-0.4, -0.2) is 30.5 Å². The maximum absolute atomic E-state index is 11.7. The number of nitrogens with one attached hydrogen (secondary N) is 1. The molecule has 0 saturated heterocycles. The van der Waals surface area contributed by atoms with Gasteiger partial charge in [0.15, 0.2) is 0 Å². The normalized spacial score (nSPS) is 10.1. The molecule has 0 radical (unpaired) electrons. The van der Waals surface area contributed by atoms with E-state index in [0.717, 1.165) is 11.3 Å². The summed E-state index contributed by atoms with van der Waals surface area (Å²) in [6.07, 6.45) is 0.331. The van der Waals surface area contributed by atoms with Crippen LogP contribution in [0.5, 0.6) is 0 Å². The molecule has 0 heterocycles. The molecule has 0 saturated carbocycles. The average Bonchev–Trinajstić information content (AvgIpc) is 2.38. The van der Waals surface area contributed by atoms with Gasteiger partial charge < -0.3 is 10.1 Å². The quantitative estimate of drug-likeness (QED) is 0.643. The number of anilines is 1. The van der Waals surface area contributed by atoms with E-state index in [1.807, 2.05) is 32.0 Å². The Morgan fingerprint density at radius 2 is 2.00 bits per heavy atom. The van der Waals surface area contributed by atoms with Gasteiger partial charge in [0.05, 0.1) is 19.3 Å². The van der Waals surface area contributed by atoms with Crippen molar-refractivity contribution in [2.24, 2.45) is 0 Å². The molecule has 5 heteroatoms. The molecular weight excluding hydrogens is 262 g/mol. The molecule has 0 aliphatic heterocycles. The SMILES string of the molecule is COC(=O)CCSCC(=O)Nc1ccc(C)c(C)c1. The molecule has 1 aromatic rings. The van der Waals surface area contributed by atoms with Gasteiger partial charge in [0.25, 0.3) is 0 Å². The largest absolute Gasteiger partial charge is 0.469 e. The first-order valence-electron chi connectivity index (χ1n) is 6.04. The van der Waals surface area contributed by atoms with Crippen LogP contribution in [0.1, 0.15) is 17.5 Å². The van der Waals surface area contributed by atoms with E-state index in [-0.39, 0.29) is 11.9 Å². The number of amides is 1. The van der Waals surface area contributed by atoms with Crippen molar-refractivity contribution in [1.29, 1.82) is 0 Å². The Labute approximate surface area is 117 Å². The molecule has 19 heavy (non-hydrogen) atoms. The van der Waals surface area contributed by atoms with Gasteiger partial charge in [-0.3, -0.25) is 9.59 Å². The number of aryl methyl sites for hydroxylation is 2. The maximum Gasteiger partial charge on any atom is 0.306 e. The highest BCUT2D eigenvalue weighted by molar-refractivity contribution is 7.99. The molecule has 4 nitrogen and oxygen atoms in total. The van der Waals surface area contributed by atoms with E-state index in [9.17, 15) is 9.59 Å². The summed E-state index contributed by atoms with van der Waals surface area (Å²) < 4.78 is 4.52. The minimum atomic E-state index is -0.248. The van der Waals surface area contributed by atoms with Crippen molar-refractivity contribution in [3.05, 3.63) is 29.3 Å². The highest BCUT2D eigenvalue weighted by atomic mass is 32.2. The fraction of sp³-hybridized carbons (Fsp3) is 0.429. The lowest BCUT2D eigenvalue weighted by molar-refractivity contribution is -0.140. The summed E-state index contributed by atoms with van der Waals surface area (Å²) in [5, 5.41) is 2.84. The van der Waals surface area contributed by atoms with Gasteiger partial charge in [-0.15, -0.1) is 0 Å².